The zero-order valence-corrected chi connectivity index (χ0v) is 10.7. The van der Waals surface area contributed by atoms with Crippen molar-refractivity contribution in [3.63, 3.8) is 0 Å². The summed E-state index contributed by atoms with van der Waals surface area (Å²) in [7, 11) is 0. The Kier molecular flexibility index (Phi) is 2.88. The molecule has 3 rings (SSSR count). The van der Waals surface area contributed by atoms with Gasteiger partial charge in [0.25, 0.3) is 0 Å². The second kappa shape index (κ2) is 4.70. The van der Waals surface area contributed by atoms with Crippen LogP contribution in [0.2, 0.25) is 0 Å². The molecule has 0 aliphatic carbocycles. The molecule has 0 radical (unpaired) electrons. The summed E-state index contributed by atoms with van der Waals surface area (Å²) in [5.41, 5.74) is 8.25. The van der Waals surface area contributed by atoms with Gasteiger partial charge in [0, 0.05) is 10.9 Å². The number of benzene rings is 3. The summed E-state index contributed by atoms with van der Waals surface area (Å²) in [5.74, 6) is -0.0672. The zero-order valence-electron chi connectivity index (χ0n) is 10.7. The summed E-state index contributed by atoms with van der Waals surface area (Å²) in [6.07, 6.45) is 0.670. The van der Waals surface area contributed by atoms with E-state index in [-0.39, 0.29) is 11.3 Å². The Hall–Kier alpha value is -2.81. The molecule has 3 heteroatoms. The van der Waals surface area contributed by atoms with Gasteiger partial charge in [0.05, 0.1) is 11.3 Å². The summed E-state index contributed by atoms with van der Waals surface area (Å²) in [4.78, 5) is 11.3. The number of carbonyl (C=O) groups excluding carboxylic acids is 1. The minimum Gasteiger partial charge on any atom is -0.506 e. The van der Waals surface area contributed by atoms with Gasteiger partial charge in [-0.1, -0.05) is 54.6 Å². The third kappa shape index (κ3) is 1.72. The van der Waals surface area contributed by atoms with Crippen molar-refractivity contribution in [2.45, 2.75) is 0 Å². The summed E-state index contributed by atoms with van der Waals surface area (Å²) < 4.78 is 0. The first-order valence-corrected chi connectivity index (χ1v) is 6.27. The van der Waals surface area contributed by atoms with Crippen molar-refractivity contribution in [1.82, 2.24) is 0 Å². The Morgan fingerprint density at radius 3 is 2.15 bits per heavy atom. The molecule has 0 saturated carbocycles. The van der Waals surface area contributed by atoms with Gasteiger partial charge in [-0.3, -0.25) is 4.79 Å². The van der Waals surface area contributed by atoms with Gasteiger partial charge in [-0.05, 0) is 10.9 Å². The molecule has 0 aliphatic heterocycles. The number of nitrogen functional groups attached to an aromatic ring is 1. The van der Waals surface area contributed by atoms with Crippen LogP contribution in [0.1, 0.15) is 10.4 Å². The Morgan fingerprint density at radius 1 is 0.900 bits per heavy atom. The molecule has 0 spiro atoms. The van der Waals surface area contributed by atoms with E-state index in [4.69, 9.17) is 5.73 Å². The van der Waals surface area contributed by atoms with Gasteiger partial charge in [0.2, 0.25) is 0 Å². The number of aldehydes is 1. The maximum Gasteiger partial charge on any atom is 0.154 e. The third-order valence-electron chi connectivity index (χ3n) is 3.45. The number of phenolic OH excluding ortho intramolecular Hbond substituents is 1. The van der Waals surface area contributed by atoms with Gasteiger partial charge in [-0.2, -0.15) is 0 Å². The van der Waals surface area contributed by atoms with Crippen molar-refractivity contribution in [3.05, 3.63) is 60.2 Å². The Morgan fingerprint density at radius 2 is 1.50 bits per heavy atom. The maximum atomic E-state index is 11.3. The molecule has 0 aliphatic rings. The van der Waals surface area contributed by atoms with E-state index < -0.39 is 0 Å². The predicted octanol–water partition coefficient (Wildman–Crippen LogP) is 3.61. The van der Waals surface area contributed by atoms with E-state index in [9.17, 15) is 9.90 Å². The number of fused-ring (bicyclic) bond motifs is 1. The fraction of sp³-hybridized carbons (Fsp3) is 0. The lowest BCUT2D eigenvalue weighted by Crippen LogP contribution is -1.97. The highest BCUT2D eigenvalue weighted by molar-refractivity contribution is 6.11. The first-order chi connectivity index (χ1) is 9.74. The highest BCUT2D eigenvalue weighted by Gasteiger charge is 2.17. The topological polar surface area (TPSA) is 63.3 Å². The van der Waals surface area contributed by atoms with Crippen molar-refractivity contribution in [2.24, 2.45) is 0 Å². The molecule has 0 heterocycles. The largest absolute Gasteiger partial charge is 0.506 e. The van der Waals surface area contributed by atoms with E-state index in [1.54, 1.807) is 6.07 Å². The molecule has 3 N–H and O–H groups in total. The van der Waals surface area contributed by atoms with Crippen LogP contribution in [0.5, 0.6) is 5.75 Å². The van der Waals surface area contributed by atoms with Crippen LogP contribution in [0.3, 0.4) is 0 Å². The Labute approximate surface area is 116 Å². The zero-order chi connectivity index (χ0) is 14.1. The van der Waals surface area contributed by atoms with Crippen LogP contribution in [0, 0.1) is 0 Å². The van der Waals surface area contributed by atoms with E-state index in [2.05, 4.69) is 0 Å². The van der Waals surface area contributed by atoms with Crippen molar-refractivity contribution in [3.8, 4) is 16.9 Å². The van der Waals surface area contributed by atoms with Gasteiger partial charge < -0.3 is 10.8 Å². The number of carbonyl (C=O) groups is 1. The molecule has 3 aromatic carbocycles. The highest BCUT2D eigenvalue weighted by Crippen LogP contribution is 2.42. The second-order valence-electron chi connectivity index (χ2n) is 4.58. The van der Waals surface area contributed by atoms with E-state index >= 15 is 0 Å². The van der Waals surface area contributed by atoms with Crippen molar-refractivity contribution in [2.75, 3.05) is 5.73 Å². The van der Waals surface area contributed by atoms with Crippen LogP contribution >= 0.6 is 0 Å². The lowest BCUT2D eigenvalue weighted by Gasteiger charge is -2.14. The monoisotopic (exact) mass is 263 g/mol. The molecule has 98 valence electrons. The molecule has 0 fully saturated rings. The fourth-order valence-electron chi connectivity index (χ4n) is 2.49. The predicted molar refractivity (Wildman–Crippen MR) is 80.8 cm³/mol. The number of rotatable bonds is 2. The average Bonchev–Trinajstić information content (AvgIpc) is 2.49. The summed E-state index contributed by atoms with van der Waals surface area (Å²) in [5, 5.41) is 11.8. The van der Waals surface area contributed by atoms with Crippen LogP contribution in [0.15, 0.2) is 54.6 Å². The van der Waals surface area contributed by atoms with E-state index in [1.165, 1.54) is 0 Å². The van der Waals surface area contributed by atoms with Crippen LogP contribution in [-0.2, 0) is 0 Å². The van der Waals surface area contributed by atoms with Gasteiger partial charge in [0.15, 0.2) is 6.29 Å². The van der Waals surface area contributed by atoms with Crippen LogP contribution in [-0.4, -0.2) is 11.4 Å². The average molecular weight is 263 g/mol. The van der Waals surface area contributed by atoms with Gasteiger partial charge >= 0.3 is 0 Å². The van der Waals surface area contributed by atoms with Crippen LogP contribution in [0.4, 0.5) is 5.69 Å². The molecule has 0 aromatic heterocycles. The molecule has 0 bridgehead atoms. The van der Waals surface area contributed by atoms with Crippen molar-refractivity contribution in [1.29, 1.82) is 0 Å². The number of hydrogen-bond donors (Lipinski definition) is 2. The molecule has 3 nitrogen and oxygen atoms in total. The van der Waals surface area contributed by atoms with Gasteiger partial charge in [-0.25, -0.2) is 0 Å². The van der Waals surface area contributed by atoms with Crippen LogP contribution in [0.25, 0.3) is 21.9 Å². The lowest BCUT2D eigenvalue weighted by atomic mass is 9.93. The van der Waals surface area contributed by atoms with E-state index in [0.717, 1.165) is 10.9 Å². The number of anilines is 1. The first-order valence-electron chi connectivity index (χ1n) is 6.27. The molecular formula is C17H13NO2. The van der Waals surface area contributed by atoms with Gasteiger partial charge in [0.1, 0.15) is 5.75 Å². The quantitative estimate of drug-likeness (QED) is 0.548. The second-order valence-corrected chi connectivity index (χ2v) is 4.58. The van der Waals surface area contributed by atoms with E-state index in [1.807, 2.05) is 48.5 Å². The number of nitrogens with two attached hydrogens (primary N) is 1. The van der Waals surface area contributed by atoms with Crippen molar-refractivity contribution >= 4 is 22.7 Å². The van der Waals surface area contributed by atoms with E-state index in [0.29, 0.717) is 22.9 Å². The molecule has 0 saturated heterocycles. The first kappa shape index (κ1) is 12.2. The molecule has 3 aromatic rings. The Bertz CT molecular complexity index is 795. The summed E-state index contributed by atoms with van der Waals surface area (Å²) in [6, 6.07) is 16.6. The fourth-order valence-corrected chi connectivity index (χ4v) is 2.49. The Balaban J connectivity index is 2.47. The molecule has 0 amide bonds. The minimum atomic E-state index is -0.0672. The molecule has 0 unspecified atom stereocenters. The number of hydrogen-bond acceptors (Lipinski definition) is 3. The molecule has 0 atom stereocenters. The summed E-state index contributed by atoms with van der Waals surface area (Å²) in [6.45, 7) is 0. The van der Waals surface area contributed by atoms with Crippen molar-refractivity contribution < 1.29 is 9.90 Å². The highest BCUT2D eigenvalue weighted by atomic mass is 16.3. The lowest BCUT2D eigenvalue weighted by molar-refractivity contribution is 0.112. The number of aromatic hydroxyl groups is 1. The maximum absolute atomic E-state index is 11.3. The smallest absolute Gasteiger partial charge is 0.154 e. The molecular weight excluding hydrogens is 250 g/mol. The van der Waals surface area contributed by atoms with Gasteiger partial charge in [-0.15, -0.1) is 0 Å². The number of phenols is 1. The molecule has 20 heavy (non-hydrogen) atoms. The summed E-state index contributed by atoms with van der Waals surface area (Å²) >= 11 is 0. The van der Waals surface area contributed by atoms with Crippen LogP contribution < -0.4 is 5.73 Å². The standard InChI is InChI=1S/C17H13NO2/c18-16-13-9-5-4-8-12(13)14(10-19)17(20)15(16)11-6-2-1-3-7-11/h1-10,20H,18H2. The normalized spacial score (nSPS) is 10.6. The minimum absolute atomic E-state index is 0.0672. The third-order valence-corrected chi connectivity index (χ3v) is 3.45. The SMILES string of the molecule is Nc1c(-c2ccccc2)c(O)c(C=O)c2ccccc12.